The fourth-order valence-corrected chi connectivity index (χ4v) is 4.51. The summed E-state index contributed by atoms with van der Waals surface area (Å²) in [6.45, 7) is 7.18. The molecule has 5 N–H and O–H groups in total. The number of hydrogen-bond acceptors (Lipinski definition) is 8. The summed E-state index contributed by atoms with van der Waals surface area (Å²) in [6, 6.07) is 9.57. The van der Waals surface area contributed by atoms with Crippen molar-refractivity contribution in [1.29, 1.82) is 0 Å². The lowest BCUT2D eigenvalue weighted by molar-refractivity contribution is -0.122. The van der Waals surface area contributed by atoms with E-state index >= 15 is 0 Å². The molecule has 1 aromatic carbocycles. The lowest BCUT2D eigenvalue weighted by Crippen LogP contribution is -2.36. The molecule has 36 heavy (non-hydrogen) atoms. The number of aromatic nitrogens is 2. The van der Waals surface area contributed by atoms with Crippen LogP contribution in [-0.4, -0.2) is 37.0 Å². The molecule has 12 heteroatoms. The van der Waals surface area contributed by atoms with Crippen LogP contribution in [-0.2, 0) is 26.2 Å². The van der Waals surface area contributed by atoms with E-state index in [0.717, 1.165) is 11.1 Å². The Morgan fingerprint density at radius 3 is 2.64 bits per heavy atom. The smallest absolute Gasteiger partial charge is 0.275 e. The molecule has 3 rings (SSSR count). The first-order chi connectivity index (χ1) is 17.0. The van der Waals surface area contributed by atoms with Crippen LogP contribution in [0.2, 0.25) is 0 Å². The molecular formula is C24H30N6O5S. The number of hydroxylamine groups is 1. The second kappa shape index (κ2) is 11.2. The number of pyridine rings is 2. The number of para-hydroxylation sites is 1. The zero-order valence-corrected chi connectivity index (χ0v) is 21.4. The van der Waals surface area contributed by atoms with Crippen molar-refractivity contribution in [2.24, 2.45) is 5.73 Å². The van der Waals surface area contributed by atoms with Crippen molar-refractivity contribution in [3.63, 3.8) is 0 Å². The van der Waals surface area contributed by atoms with Gasteiger partial charge >= 0.3 is 0 Å². The maximum absolute atomic E-state index is 13.2. The van der Waals surface area contributed by atoms with Crippen molar-refractivity contribution >= 4 is 32.5 Å². The minimum atomic E-state index is -4.13. The summed E-state index contributed by atoms with van der Waals surface area (Å²) in [5.41, 5.74) is 9.97. The van der Waals surface area contributed by atoms with Gasteiger partial charge in [0, 0.05) is 23.8 Å². The van der Waals surface area contributed by atoms with Gasteiger partial charge in [0.2, 0.25) is 5.91 Å². The number of aryl methyl sites for hydroxylation is 2. The largest absolute Gasteiger partial charge is 0.384 e. The highest BCUT2D eigenvalue weighted by Gasteiger charge is 2.21. The zero-order valence-electron chi connectivity index (χ0n) is 20.6. The highest BCUT2D eigenvalue weighted by Crippen LogP contribution is 2.23. The SMILES string of the molecule is CC(C)=C(N)NOCCNC(=O)Cn1c(C)ccc(NS(=O)(=O)c2cccc3cc(C)cnc23)c1=O. The first-order valence-electron chi connectivity index (χ1n) is 11.2. The van der Waals surface area contributed by atoms with Gasteiger partial charge in [0.15, 0.2) is 0 Å². The molecule has 3 aromatic rings. The van der Waals surface area contributed by atoms with Crippen molar-refractivity contribution in [2.45, 2.75) is 39.1 Å². The van der Waals surface area contributed by atoms with Gasteiger partial charge in [-0.2, -0.15) is 0 Å². The Morgan fingerprint density at radius 1 is 1.17 bits per heavy atom. The third-order valence-electron chi connectivity index (χ3n) is 5.29. The van der Waals surface area contributed by atoms with Crippen molar-refractivity contribution in [3.05, 3.63) is 75.6 Å². The third kappa shape index (κ3) is 6.40. The molecule has 0 aliphatic carbocycles. The standard InChI is InChI=1S/C24H30N6O5S/c1-15(2)23(25)28-35-11-10-26-21(31)14-30-17(4)8-9-19(24(30)32)29-36(33,34)20-7-5-6-18-12-16(3)13-27-22(18)20/h5-9,12-13,28-29H,10-11,14,25H2,1-4H3,(H,26,31). The van der Waals surface area contributed by atoms with Crippen LogP contribution in [0.5, 0.6) is 0 Å². The first-order valence-corrected chi connectivity index (χ1v) is 12.6. The van der Waals surface area contributed by atoms with Gasteiger partial charge in [-0.3, -0.25) is 29.6 Å². The molecule has 0 saturated heterocycles. The molecule has 0 atom stereocenters. The normalized spacial score (nSPS) is 11.2. The Morgan fingerprint density at radius 2 is 1.92 bits per heavy atom. The summed E-state index contributed by atoms with van der Waals surface area (Å²) in [5, 5.41) is 3.30. The fourth-order valence-electron chi connectivity index (χ4n) is 3.28. The van der Waals surface area contributed by atoms with Crippen LogP contribution in [0.15, 0.2) is 63.7 Å². The van der Waals surface area contributed by atoms with Crippen LogP contribution < -0.4 is 26.8 Å². The van der Waals surface area contributed by atoms with Gasteiger partial charge in [-0.1, -0.05) is 12.1 Å². The number of fused-ring (bicyclic) bond motifs is 1. The summed E-state index contributed by atoms with van der Waals surface area (Å²) < 4.78 is 29.9. The van der Waals surface area contributed by atoms with Gasteiger partial charge in [0.1, 0.15) is 22.9 Å². The molecule has 192 valence electrons. The summed E-state index contributed by atoms with van der Waals surface area (Å²) in [4.78, 5) is 34.8. The highest BCUT2D eigenvalue weighted by atomic mass is 32.2. The Bertz CT molecular complexity index is 1480. The van der Waals surface area contributed by atoms with E-state index < -0.39 is 21.5 Å². The molecule has 0 aliphatic rings. The number of nitrogens with one attached hydrogen (secondary N) is 3. The molecule has 11 nitrogen and oxygen atoms in total. The predicted octanol–water partition coefficient (Wildman–Crippen LogP) is 1.66. The Kier molecular flexibility index (Phi) is 8.33. The Labute approximate surface area is 209 Å². The number of nitrogens with zero attached hydrogens (tertiary/aromatic N) is 2. The van der Waals surface area contributed by atoms with Gasteiger partial charge in [-0.05, 0) is 63.1 Å². The number of carbonyl (C=O) groups is 1. The van der Waals surface area contributed by atoms with E-state index in [9.17, 15) is 18.0 Å². The van der Waals surface area contributed by atoms with E-state index in [1.165, 1.54) is 16.7 Å². The number of hydrogen-bond donors (Lipinski definition) is 4. The highest BCUT2D eigenvalue weighted by molar-refractivity contribution is 7.93. The lowest BCUT2D eigenvalue weighted by atomic mass is 10.2. The average molecular weight is 515 g/mol. The summed E-state index contributed by atoms with van der Waals surface area (Å²) in [7, 11) is -4.13. The molecule has 0 saturated carbocycles. The van der Waals surface area contributed by atoms with E-state index in [1.807, 2.05) is 26.8 Å². The number of sulfonamides is 1. The molecular weight excluding hydrogens is 484 g/mol. The van der Waals surface area contributed by atoms with Crippen LogP contribution in [0.3, 0.4) is 0 Å². The summed E-state index contributed by atoms with van der Waals surface area (Å²) >= 11 is 0. The van der Waals surface area contributed by atoms with Crippen LogP contribution in [0.1, 0.15) is 25.1 Å². The monoisotopic (exact) mass is 514 g/mol. The number of carbonyl (C=O) groups excluding carboxylic acids is 1. The van der Waals surface area contributed by atoms with Gasteiger partial charge < -0.3 is 15.6 Å². The molecule has 0 unspecified atom stereocenters. The average Bonchev–Trinajstić information content (AvgIpc) is 2.82. The third-order valence-corrected chi connectivity index (χ3v) is 6.68. The fraction of sp³-hybridized carbons (Fsp3) is 0.292. The lowest BCUT2D eigenvalue weighted by Gasteiger charge is -2.14. The van der Waals surface area contributed by atoms with Crippen LogP contribution >= 0.6 is 0 Å². The molecule has 0 spiro atoms. The summed E-state index contributed by atoms with van der Waals surface area (Å²) in [5.74, 6) is -0.0511. The van der Waals surface area contributed by atoms with Crippen molar-refractivity contribution in [2.75, 3.05) is 17.9 Å². The minimum Gasteiger partial charge on any atom is -0.384 e. The molecule has 0 fully saturated rings. The maximum atomic E-state index is 13.2. The number of amides is 1. The Balaban J connectivity index is 1.73. The van der Waals surface area contributed by atoms with Crippen LogP contribution in [0.4, 0.5) is 5.69 Å². The number of rotatable bonds is 10. The van der Waals surface area contributed by atoms with E-state index in [4.69, 9.17) is 10.6 Å². The predicted molar refractivity (Wildman–Crippen MR) is 137 cm³/mol. The van der Waals surface area contributed by atoms with Crippen molar-refractivity contribution < 1.29 is 18.0 Å². The van der Waals surface area contributed by atoms with Gasteiger partial charge in [0.05, 0.1) is 12.1 Å². The second-order valence-corrected chi connectivity index (χ2v) is 10.1. The van der Waals surface area contributed by atoms with Gasteiger partial charge in [-0.15, -0.1) is 0 Å². The molecule has 2 heterocycles. The van der Waals surface area contributed by atoms with E-state index in [0.29, 0.717) is 22.4 Å². The minimum absolute atomic E-state index is 0.0494. The first kappa shape index (κ1) is 26.7. The van der Waals surface area contributed by atoms with E-state index in [-0.39, 0.29) is 30.3 Å². The van der Waals surface area contributed by atoms with E-state index in [2.05, 4.69) is 20.5 Å². The molecule has 0 radical (unpaired) electrons. The van der Waals surface area contributed by atoms with Crippen LogP contribution in [0.25, 0.3) is 10.9 Å². The number of allylic oxidation sites excluding steroid dienone is 1. The Hall–Kier alpha value is -3.90. The van der Waals surface area contributed by atoms with Crippen LogP contribution in [0, 0.1) is 13.8 Å². The zero-order chi connectivity index (χ0) is 26.5. The number of benzene rings is 1. The van der Waals surface area contributed by atoms with Crippen molar-refractivity contribution in [3.8, 4) is 0 Å². The second-order valence-electron chi connectivity index (χ2n) is 8.44. The molecule has 1 amide bonds. The quantitative estimate of drug-likeness (QED) is 0.235. The molecule has 2 aromatic heterocycles. The molecule has 0 aliphatic heterocycles. The topological polar surface area (TPSA) is 157 Å². The summed E-state index contributed by atoms with van der Waals surface area (Å²) in [6.07, 6.45) is 1.58. The number of nitrogens with two attached hydrogens (primary N) is 1. The van der Waals surface area contributed by atoms with E-state index in [1.54, 1.807) is 31.3 Å². The maximum Gasteiger partial charge on any atom is 0.275 e. The van der Waals surface area contributed by atoms with Crippen molar-refractivity contribution in [1.82, 2.24) is 20.3 Å². The van der Waals surface area contributed by atoms with Gasteiger partial charge in [-0.25, -0.2) is 8.42 Å². The van der Waals surface area contributed by atoms with Gasteiger partial charge in [0.25, 0.3) is 15.6 Å². The molecule has 0 bridgehead atoms. The number of anilines is 1.